The molecule has 0 aliphatic carbocycles. The van der Waals surface area contributed by atoms with Gasteiger partial charge in [0.2, 0.25) is 5.69 Å². The normalized spacial score (nSPS) is 19.1. The third kappa shape index (κ3) is 13.4. The predicted molar refractivity (Wildman–Crippen MR) is 281 cm³/mol. The molecule has 416 valence electrons. The molecule has 0 saturated carbocycles. The number of hydrogen-bond acceptors (Lipinski definition) is 15. The Hall–Kier alpha value is -5.01. The van der Waals surface area contributed by atoms with Gasteiger partial charge in [0, 0.05) is 78.4 Å². The van der Waals surface area contributed by atoms with E-state index in [0.29, 0.717) is 85.1 Å². The number of carboxylic acid groups (broad SMARTS) is 1. The van der Waals surface area contributed by atoms with E-state index in [9.17, 15) is 74.8 Å². The summed E-state index contributed by atoms with van der Waals surface area (Å²) in [6.45, 7) is 7.24. The van der Waals surface area contributed by atoms with Crippen LogP contribution in [0, 0.1) is 0 Å². The van der Waals surface area contributed by atoms with E-state index in [0.717, 1.165) is 12.1 Å². The van der Waals surface area contributed by atoms with E-state index in [1.165, 1.54) is 19.2 Å². The maximum absolute atomic E-state index is 12.8. The quantitative estimate of drug-likeness (QED) is 0.0160. The van der Waals surface area contributed by atoms with Crippen molar-refractivity contribution in [1.29, 1.82) is 0 Å². The third-order valence-corrected chi connectivity index (χ3v) is 17.8. The number of methoxy groups -OCH3 is 1. The molecule has 4 aromatic carbocycles. The topological polar surface area (TPSA) is 343 Å². The van der Waals surface area contributed by atoms with Crippen LogP contribution in [0.2, 0.25) is 0 Å². The average molecular weight is 1160 g/mol. The van der Waals surface area contributed by atoms with Crippen LogP contribution in [0.25, 0.3) is 21.5 Å². The van der Waals surface area contributed by atoms with E-state index in [2.05, 4.69) is 0 Å². The SMILES string of the molecule is CCN1C(=CC=CC=CC2=[N+](CCCCCC(=O)O)c3ccc4c(S(=O)(=O)O)cc(S(=O)(=O)O)cc4c3C2(C)CCCS(=O)(=O)O)C(C)(CCOCCOCCOC)c2c1ccc1c(S(=O)(=O)O)cc(S(=O)(=O)O)cc21. The fourth-order valence-corrected chi connectivity index (χ4v) is 13.4. The van der Waals surface area contributed by atoms with Gasteiger partial charge in [0.1, 0.15) is 16.3 Å². The van der Waals surface area contributed by atoms with E-state index in [1.54, 1.807) is 49.4 Å². The van der Waals surface area contributed by atoms with Crippen LogP contribution in [-0.2, 0) is 80.4 Å². The van der Waals surface area contributed by atoms with Gasteiger partial charge in [-0.3, -0.25) is 27.6 Å². The zero-order valence-electron chi connectivity index (χ0n) is 41.9. The van der Waals surface area contributed by atoms with Crippen molar-refractivity contribution in [2.75, 3.05) is 63.9 Å². The lowest BCUT2D eigenvalue weighted by Gasteiger charge is -2.30. The largest absolute Gasteiger partial charge is 0.481 e. The molecule has 27 heteroatoms. The molecular weight excluding hydrogens is 1100 g/mol. The molecule has 6 N–H and O–H groups in total. The highest BCUT2D eigenvalue weighted by atomic mass is 32.2. The summed E-state index contributed by atoms with van der Waals surface area (Å²) in [5.41, 5.74) is 0.473. The minimum absolute atomic E-state index is 0.0139. The van der Waals surface area contributed by atoms with E-state index in [1.807, 2.05) is 23.3 Å². The Bertz CT molecular complexity index is 3630. The Labute approximate surface area is 442 Å². The van der Waals surface area contributed by atoms with Crippen molar-refractivity contribution >= 4 is 95.2 Å². The first-order valence-corrected chi connectivity index (χ1v) is 31.2. The number of ether oxygens (including phenoxy) is 3. The Kier molecular flexibility index (Phi) is 18.6. The second-order valence-corrected chi connectivity index (χ2v) is 25.9. The Balaban J connectivity index is 1.53. The third-order valence-electron chi connectivity index (χ3n) is 13.6. The molecule has 76 heavy (non-hydrogen) atoms. The highest BCUT2D eigenvalue weighted by Gasteiger charge is 2.49. The van der Waals surface area contributed by atoms with Crippen LogP contribution in [-0.4, -0.2) is 145 Å². The molecule has 0 aromatic heterocycles. The summed E-state index contributed by atoms with van der Waals surface area (Å²) in [4.78, 5) is 10.1. The van der Waals surface area contributed by atoms with Crippen LogP contribution < -0.4 is 4.90 Å². The molecule has 2 atom stereocenters. The van der Waals surface area contributed by atoms with E-state index < -0.39 is 92.7 Å². The number of carboxylic acids is 1. The summed E-state index contributed by atoms with van der Waals surface area (Å²) in [5.74, 6) is -1.69. The number of nitrogens with zero attached hydrogens (tertiary/aromatic N) is 2. The standard InChI is InChI=1S/C49H60N2O20S5/c1-5-50-39-18-16-35-37(29-33(73(57,58)59)31-41(35)75(63,64)65)46(39)49(3,21-23-70-26-27-71-25-24-69-4)43(50)13-8-6-9-14-44-48(2,20-12-28-72(54,55)56)47-38-30-34(74(60,61)62)32-42(76(66,67)68)36(38)17-19-40(47)51(44)22-11-7-10-15-45(52)53/h6,8-9,13-14,16-19,29-32H,5,7,10-12,15,20-28H2,1-4H3,(H5-,52,53,54,55,56,57,58,59,60,61,62,63,64,65,66,67,68)/p+1. The minimum atomic E-state index is -5.13. The number of anilines is 1. The molecule has 0 fully saturated rings. The molecule has 2 heterocycles. The molecule has 0 spiro atoms. The Morgan fingerprint density at radius 1 is 0.632 bits per heavy atom. The maximum Gasteiger partial charge on any atom is 0.303 e. The predicted octanol–water partition coefficient (Wildman–Crippen LogP) is 6.51. The molecule has 0 radical (unpaired) electrons. The van der Waals surface area contributed by atoms with Crippen LogP contribution in [0.3, 0.4) is 0 Å². The zero-order chi connectivity index (χ0) is 56.2. The lowest BCUT2D eigenvalue weighted by molar-refractivity contribution is -0.438. The molecule has 0 amide bonds. The summed E-state index contributed by atoms with van der Waals surface area (Å²) >= 11 is 0. The molecule has 2 aliphatic heterocycles. The molecule has 22 nitrogen and oxygen atoms in total. The van der Waals surface area contributed by atoms with Gasteiger partial charge in [-0.2, -0.15) is 46.7 Å². The highest BCUT2D eigenvalue weighted by molar-refractivity contribution is 7.87. The van der Waals surface area contributed by atoms with Crippen LogP contribution in [0.5, 0.6) is 0 Å². The summed E-state index contributed by atoms with van der Waals surface area (Å²) in [6, 6.07) is 9.48. The van der Waals surface area contributed by atoms with Gasteiger partial charge in [0.05, 0.1) is 47.4 Å². The van der Waals surface area contributed by atoms with Gasteiger partial charge in [0.25, 0.3) is 50.6 Å². The summed E-state index contributed by atoms with van der Waals surface area (Å²) in [5, 5.41) is 9.26. The number of carbonyl (C=O) groups is 1. The smallest absolute Gasteiger partial charge is 0.303 e. The average Bonchev–Trinajstić information content (AvgIpc) is 3.70. The molecular formula is C49H61N2O20S5+. The maximum atomic E-state index is 12.8. The Morgan fingerprint density at radius 2 is 1.20 bits per heavy atom. The summed E-state index contributed by atoms with van der Waals surface area (Å²) in [7, 11) is -23.3. The van der Waals surface area contributed by atoms with Gasteiger partial charge in [0.15, 0.2) is 5.71 Å². The van der Waals surface area contributed by atoms with Crippen LogP contribution in [0.4, 0.5) is 11.4 Å². The number of fused-ring (bicyclic) bond motifs is 6. The molecule has 0 saturated heterocycles. The van der Waals surface area contributed by atoms with E-state index in [4.69, 9.17) is 14.2 Å². The summed E-state index contributed by atoms with van der Waals surface area (Å²) in [6.07, 6.45) is 9.58. The number of rotatable bonds is 27. The van der Waals surface area contributed by atoms with Gasteiger partial charge >= 0.3 is 5.97 Å². The molecule has 4 aromatic rings. The van der Waals surface area contributed by atoms with E-state index >= 15 is 0 Å². The van der Waals surface area contributed by atoms with Crippen LogP contribution in [0.15, 0.2) is 104 Å². The first-order valence-electron chi connectivity index (χ1n) is 23.8. The number of aliphatic carboxylic acids is 1. The van der Waals surface area contributed by atoms with Crippen LogP contribution >= 0.6 is 0 Å². The monoisotopic (exact) mass is 1160 g/mol. The number of unbranched alkanes of at least 4 members (excludes halogenated alkanes) is 2. The zero-order valence-corrected chi connectivity index (χ0v) is 46.0. The van der Waals surface area contributed by atoms with Crippen molar-refractivity contribution in [2.45, 2.75) is 96.1 Å². The number of benzene rings is 4. The van der Waals surface area contributed by atoms with Gasteiger partial charge in [-0.05, 0) is 112 Å². The minimum Gasteiger partial charge on any atom is -0.481 e. The fraction of sp³-hybridized carbons (Fsp3) is 0.429. The Morgan fingerprint density at radius 3 is 1.74 bits per heavy atom. The molecule has 2 aliphatic rings. The number of hydrogen-bond donors (Lipinski definition) is 6. The first-order chi connectivity index (χ1) is 35.4. The molecule has 6 rings (SSSR count). The van der Waals surface area contributed by atoms with E-state index in [-0.39, 0.29) is 73.6 Å². The van der Waals surface area contributed by atoms with Crippen molar-refractivity contribution in [3.8, 4) is 0 Å². The second kappa shape index (κ2) is 23.5. The fourth-order valence-electron chi connectivity index (χ4n) is 10.2. The van der Waals surface area contributed by atoms with Crippen molar-refractivity contribution in [3.05, 3.63) is 95.7 Å². The highest BCUT2D eigenvalue weighted by Crippen LogP contribution is 2.54. The number of allylic oxidation sites excluding steroid dienone is 6. The molecule has 0 bridgehead atoms. The van der Waals surface area contributed by atoms with Gasteiger partial charge in [-0.15, -0.1) is 0 Å². The van der Waals surface area contributed by atoms with Crippen LogP contribution in [0.1, 0.15) is 76.8 Å². The van der Waals surface area contributed by atoms with Crippen molar-refractivity contribution in [3.63, 3.8) is 0 Å². The van der Waals surface area contributed by atoms with Gasteiger partial charge < -0.3 is 24.2 Å². The van der Waals surface area contributed by atoms with Crippen molar-refractivity contribution in [2.24, 2.45) is 0 Å². The second-order valence-electron chi connectivity index (χ2n) is 18.7. The van der Waals surface area contributed by atoms with Gasteiger partial charge in [-0.25, -0.2) is 0 Å². The van der Waals surface area contributed by atoms with Crippen molar-refractivity contribution in [1.82, 2.24) is 0 Å². The number of likely N-dealkylation sites (N-methyl/N-ethyl adjacent to an activating group) is 1. The lowest BCUT2D eigenvalue weighted by Crippen LogP contribution is -2.32. The van der Waals surface area contributed by atoms with Crippen molar-refractivity contribution < 1.29 is 93.5 Å². The molecule has 2 unspecified atom stereocenters. The lowest BCUT2D eigenvalue weighted by atomic mass is 9.74. The van der Waals surface area contributed by atoms with Gasteiger partial charge in [-0.1, -0.05) is 24.3 Å². The summed E-state index contributed by atoms with van der Waals surface area (Å²) < 4.78 is 195. The first kappa shape index (κ1) is 60.2.